The van der Waals surface area contributed by atoms with E-state index < -0.39 is 0 Å². The molecule has 0 amide bonds. The predicted octanol–water partition coefficient (Wildman–Crippen LogP) is 2.99. The molecule has 2 aromatic heterocycles. The molecule has 2 heterocycles. The van der Waals surface area contributed by atoms with Crippen LogP contribution in [0.4, 0.5) is 5.82 Å². The first kappa shape index (κ1) is 11.8. The molecule has 0 aliphatic carbocycles. The third kappa shape index (κ3) is 2.50. The summed E-state index contributed by atoms with van der Waals surface area (Å²) in [6.07, 6.45) is 1.44. The molecule has 4 nitrogen and oxygen atoms in total. The fraction of sp³-hybridized carbons (Fsp3) is 0.222. The van der Waals surface area contributed by atoms with Crippen LogP contribution in [0.25, 0.3) is 0 Å². The summed E-state index contributed by atoms with van der Waals surface area (Å²) in [5.74, 6) is 0.757. The van der Waals surface area contributed by atoms with Crippen LogP contribution < -0.4 is 4.90 Å². The maximum Gasteiger partial charge on any atom is 0.148 e. The largest absolute Gasteiger partial charge is 0.353 e. The maximum absolute atomic E-state index is 5.90. The minimum atomic E-state index is 0.412. The van der Waals surface area contributed by atoms with E-state index in [0.29, 0.717) is 16.2 Å². The number of anilines is 1. The number of hydrogen-bond donors (Lipinski definition) is 0. The highest BCUT2D eigenvalue weighted by molar-refractivity contribution is 9.10. The fourth-order valence-corrected chi connectivity index (χ4v) is 2.42. The van der Waals surface area contributed by atoms with Crippen molar-refractivity contribution in [3.8, 4) is 0 Å². The molecule has 0 saturated heterocycles. The van der Waals surface area contributed by atoms with Gasteiger partial charge in [0.25, 0.3) is 0 Å². The zero-order valence-corrected chi connectivity index (χ0v) is 11.6. The first-order valence-corrected chi connectivity index (χ1v) is 6.54. The second-order valence-electron chi connectivity index (χ2n) is 3.14. The van der Waals surface area contributed by atoms with Gasteiger partial charge in [0.1, 0.15) is 17.3 Å². The van der Waals surface area contributed by atoms with Crippen LogP contribution >= 0.6 is 38.9 Å². The van der Waals surface area contributed by atoms with Crippen molar-refractivity contribution in [1.82, 2.24) is 15.0 Å². The minimum Gasteiger partial charge on any atom is -0.353 e. The average molecular weight is 320 g/mol. The molecule has 0 saturated carbocycles. The fourth-order valence-electron chi connectivity index (χ4n) is 1.24. The van der Waals surface area contributed by atoms with Gasteiger partial charge in [-0.2, -0.15) is 0 Å². The molecular formula is C9H8BrClN4S. The molecule has 0 atom stereocenters. The molecule has 84 valence electrons. The van der Waals surface area contributed by atoms with Crippen LogP contribution in [0.5, 0.6) is 0 Å². The molecular weight excluding hydrogens is 312 g/mol. The number of nitrogens with zero attached hydrogens (tertiary/aromatic N) is 4. The maximum atomic E-state index is 5.90. The molecule has 16 heavy (non-hydrogen) atoms. The van der Waals surface area contributed by atoms with E-state index in [1.54, 1.807) is 11.3 Å². The lowest BCUT2D eigenvalue weighted by atomic mass is 10.4. The summed E-state index contributed by atoms with van der Waals surface area (Å²) in [6, 6.07) is 0. The molecule has 0 bridgehead atoms. The van der Waals surface area contributed by atoms with Crippen molar-refractivity contribution in [2.24, 2.45) is 0 Å². The van der Waals surface area contributed by atoms with Gasteiger partial charge in [-0.3, -0.25) is 0 Å². The number of hydrogen-bond acceptors (Lipinski definition) is 5. The summed E-state index contributed by atoms with van der Waals surface area (Å²) in [5.41, 5.74) is 2.82. The average Bonchev–Trinajstić information content (AvgIpc) is 2.74. The second kappa shape index (κ2) is 5.07. The van der Waals surface area contributed by atoms with Crippen LogP contribution in [0.3, 0.4) is 0 Å². The molecule has 0 N–H and O–H groups in total. The summed E-state index contributed by atoms with van der Waals surface area (Å²) < 4.78 is 0.703. The Labute approximate surface area is 110 Å². The normalized spacial score (nSPS) is 10.4. The Morgan fingerprint density at radius 2 is 2.25 bits per heavy atom. The molecule has 0 spiro atoms. The highest BCUT2D eigenvalue weighted by atomic mass is 79.9. The third-order valence-corrected chi connectivity index (χ3v) is 3.85. The number of halogens is 2. The Morgan fingerprint density at radius 1 is 1.44 bits per heavy atom. The van der Waals surface area contributed by atoms with Crippen LogP contribution in [-0.4, -0.2) is 22.0 Å². The van der Waals surface area contributed by atoms with Crippen molar-refractivity contribution < 1.29 is 0 Å². The van der Waals surface area contributed by atoms with Gasteiger partial charge >= 0.3 is 0 Å². The molecule has 0 aliphatic heterocycles. The van der Waals surface area contributed by atoms with Gasteiger partial charge in [0.05, 0.1) is 22.2 Å². The van der Waals surface area contributed by atoms with Crippen LogP contribution in [0, 0.1) is 0 Å². The second-order valence-corrected chi connectivity index (χ2v) is 5.01. The summed E-state index contributed by atoms with van der Waals surface area (Å²) in [6.45, 7) is 0.690. The van der Waals surface area contributed by atoms with Crippen LogP contribution in [-0.2, 0) is 6.54 Å². The Kier molecular flexibility index (Phi) is 3.73. The topological polar surface area (TPSA) is 41.9 Å². The molecule has 2 rings (SSSR count). The zero-order valence-electron chi connectivity index (χ0n) is 8.39. The molecule has 2 aromatic rings. The zero-order chi connectivity index (χ0) is 11.5. The predicted molar refractivity (Wildman–Crippen MR) is 69.0 cm³/mol. The van der Waals surface area contributed by atoms with Gasteiger partial charge in [-0.05, 0) is 15.9 Å². The standard InChI is InChI=1S/C9H8BrClN4S/c1-15(2-6-3-16-5-14-6)9-7(10)8(11)12-4-13-9/h3-5H,2H2,1H3. The number of rotatable bonds is 3. The van der Waals surface area contributed by atoms with E-state index in [4.69, 9.17) is 11.6 Å². The Bertz CT molecular complexity index is 476. The van der Waals surface area contributed by atoms with Crippen molar-refractivity contribution in [1.29, 1.82) is 0 Å². The van der Waals surface area contributed by atoms with E-state index in [1.807, 2.05) is 22.8 Å². The highest BCUT2D eigenvalue weighted by Crippen LogP contribution is 2.28. The van der Waals surface area contributed by atoms with E-state index in [1.165, 1.54) is 6.33 Å². The quantitative estimate of drug-likeness (QED) is 0.816. The van der Waals surface area contributed by atoms with Gasteiger partial charge in [-0.25, -0.2) is 15.0 Å². The Morgan fingerprint density at radius 3 is 2.94 bits per heavy atom. The SMILES string of the molecule is CN(Cc1cscn1)c1ncnc(Cl)c1Br. The monoisotopic (exact) mass is 318 g/mol. The van der Waals surface area contributed by atoms with Gasteiger partial charge in [0, 0.05) is 12.4 Å². The Hall–Kier alpha value is -0.720. The first-order valence-electron chi connectivity index (χ1n) is 4.42. The molecule has 0 aliphatic rings. The number of thiazole rings is 1. The molecule has 7 heteroatoms. The molecule has 0 aromatic carbocycles. The lowest BCUT2D eigenvalue weighted by molar-refractivity contribution is 0.864. The van der Waals surface area contributed by atoms with E-state index >= 15 is 0 Å². The molecule has 0 fully saturated rings. The van der Waals surface area contributed by atoms with Gasteiger partial charge < -0.3 is 4.90 Å². The summed E-state index contributed by atoms with van der Waals surface area (Å²) in [5, 5.41) is 2.42. The van der Waals surface area contributed by atoms with Gasteiger partial charge in [-0.1, -0.05) is 11.6 Å². The smallest absolute Gasteiger partial charge is 0.148 e. The van der Waals surface area contributed by atoms with Gasteiger partial charge in [0.2, 0.25) is 0 Å². The van der Waals surface area contributed by atoms with Crippen molar-refractivity contribution >= 4 is 44.7 Å². The van der Waals surface area contributed by atoms with Crippen molar-refractivity contribution in [3.63, 3.8) is 0 Å². The van der Waals surface area contributed by atoms with Crippen LogP contribution in [0.2, 0.25) is 5.15 Å². The molecule has 0 unspecified atom stereocenters. The third-order valence-electron chi connectivity index (χ3n) is 1.97. The number of aromatic nitrogens is 3. The minimum absolute atomic E-state index is 0.412. The lowest BCUT2D eigenvalue weighted by Crippen LogP contribution is -2.18. The summed E-state index contributed by atoms with van der Waals surface area (Å²) in [4.78, 5) is 14.2. The highest BCUT2D eigenvalue weighted by Gasteiger charge is 2.12. The van der Waals surface area contributed by atoms with E-state index in [-0.39, 0.29) is 0 Å². The molecule has 0 radical (unpaired) electrons. The summed E-state index contributed by atoms with van der Waals surface area (Å²) in [7, 11) is 1.93. The lowest BCUT2D eigenvalue weighted by Gasteiger charge is -2.18. The van der Waals surface area contributed by atoms with Crippen LogP contribution in [0.1, 0.15) is 5.69 Å². The van der Waals surface area contributed by atoms with E-state index in [9.17, 15) is 0 Å². The van der Waals surface area contributed by atoms with Crippen molar-refractivity contribution in [3.05, 3.63) is 32.5 Å². The first-order chi connectivity index (χ1) is 7.68. The van der Waals surface area contributed by atoms with Gasteiger partial charge in [-0.15, -0.1) is 11.3 Å². The van der Waals surface area contributed by atoms with Gasteiger partial charge in [0.15, 0.2) is 0 Å². The van der Waals surface area contributed by atoms with Crippen LogP contribution in [0.15, 0.2) is 21.7 Å². The van der Waals surface area contributed by atoms with Crippen molar-refractivity contribution in [2.45, 2.75) is 6.54 Å². The van der Waals surface area contributed by atoms with E-state index in [2.05, 4.69) is 30.9 Å². The Balaban J connectivity index is 2.21. The van der Waals surface area contributed by atoms with Crippen molar-refractivity contribution in [2.75, 3.05) is 11.9 Å². The van der Waals surface area contributed by atoms with E-state index in [0.717, 1.165) is 11.5 Å². The summed E-state index contributed by atoms with van der Waals surface area (Å²) >= 11 is 10.8.